The van der Waals surface area contributed by atoms with Crippen molar-refractivity contribution in [2.75, 3.05) is 5.33 Å². The molecule has 1 aromatic rings. The van der Waals surface area contributed by atoms with E-state index in [1.807, 2.05) is 13.0 Å². The summed E-state index contributed by atoms with van der Waals surface area (Å²) in [5.41, 5.74) is 1.60. The molecule has 0 bridgehead atoms. The molecule has 0 saturated heterocycles. The van der Waals surface area contributed by atoms with Crippen molar-refractivity contribution in [1.82, 2.24) is 0 Å². The molecule has 70 valence electrons. The molecule has 0 fully saturated rings. The van der Waals surface area contributed by atoms with E-state index in [9.17, 15) is 4.79 Å². The summed E-state index contributed by atoms with van der Waals surface area (Å²) < 4.78 is 0.821. The van der Waals surface area contributed by atoms with Crippen molar-refractivity contribution in [3.63, 3.8) is 0 Å². The first kappa shape index (κ1) is 11.2. The van der Waals surface area contributed by atoms with Crippen LogP contribution in [0.25, 0.3) is 0 Å². The van der Waals surface area contributed by atoms with Crippen molar-refractivity contribution in [3.8, 4) is 0 Å². The van der Waals surface area contributed by atoms with Gasteiger partial charge >= 0.3 is 0 Å². The van der Waals surface area contributed by atoms with E-state index in [2.05, 4.69) is 31.9 Å². The van der Waals surface area contributed by atoms with Crippen molar-refractivity contribution >= 4 is 49.2 Å². The Bertz CT molecular complexity index is 350. The Balaban J connectivity index is 3.28. The van der Waals surface area contributed by atoms with Gasteiger partial charge in [-0.15, -0.1) is 0 Å². The van der Waals surface area contributed by atoms with Crippen LogP contribution in [0.5, 0.6) is 0 Å². The lowest BCUT2D eigenvalue weighted by molar-refractivity contribution is 0.102. The minimum Gasteiger partial charge on any atom is -0.293 e. The van der Waals surface area contributed by atoms with Crippen LogP contribution in [0, 0.1) is 6.92 Å². The minimum absolute atomic E-state index is 0.0254. The van der Waals surface area contributed by atoms with Gasteiger partial charge in [0.1, 0.15) is 0 Å². The van der Waals surface area contributed by atoms with Crippen molar-refractivity contribution in [2.45, 2.75) is 6.92 Å². The van der Waals surface area contributed by atoms with Crippen molar-refractivity contribution in [1.29, 1.82) is 0 Å². The van der Waals surface area contributed by atoms with E-state index in [1.54, 1.807) is 6.07 Å². The highest BCUT2D eigenvalue weighted by atomic mass is 79.9. The highest BCUT2D eigenvalue weighted by molar-refractivity contribution is 9.10. The fourth-order valence-electron chi connectivity index (χ4n) is 1.00. The van der Waals surface area contributed by atoms with Gasteiger partial charge in [-0.2, -0.15) is 0 Å². The quantitative estimate of drug-likeness (QED) is 0.593. The summed E-state index contributed by atoms with van der Waals surface area (Å²) in [6.45, 7) is 1.90. The molecule has 0 N–H and O–H groups in total. The Labute approximate surface area is 98.7 Å². The number of rotatable bonds is 2. The molecule has 0 heterocycles. The summed E-state index contributed by atoms with van der Waals surface area (Å²) in [7, 11) is 0. The summed E-state index contributed by atoms with van der Waals surface area (Å²) in [5.74, 6) is 0.0254. The van der Waals surface area contributed by atoms with E-state index < -0.39 is 0 Å². The van der Waals surface area contributed by atoms with Gasteiger partial charge in [0.25, 0.3) is 0 Å². The van der Waals surface area contributed by atoms with Crippen molar-refractivity contribution in [3.05, 3.63) is 32.8 Å². The van der Waals surface area contributed by atoms with Crippen LogP contribution in [0.1, 0.15) is 15.9 Å². The Morgan fingerprint density at radius 1 is 1.54 bits per heavy atom. The van der Waals surface area contributed by atoms with Crippen LogP contribution >= 0.6 is 43.5 Å². The van der Waals surface area contributed by atoms with Crippen LogP contribution < -0.4 is 0 Å². The molecule has 0 aliphatic heterocycles. The summed E-state index contributed by atoms with van der Waals surface area (Å²) in [6.07, 6.45) is 0. The largest absolute Gasteiger partial charge is 0.293 e. The number of Topliss-reactive ketones (excluding diaryl/α,β-unsaturated/α-hetero) is 1. The Hall–Kier alpha value is 0.140. The summed E-state index contributed by atoms with van der Waals surface area (Å²) >= 11 is 12.3. The molecular formula is C9H7Br2ClO. The lowest BCUT2D eigenvalue weighted by atomic mass is 10.1. The predicted octanol–water partition coefficient (Wildman–Crippen LogP) is 3.99. The molecule has 13 heavy (non-hydrogen) atoms. The normalized spacial score (nSPS) is 10.2. The van der Waals surface area contributed by atoms with E-state index >= 15 is 0 Å². The number of alkyl halides is 1. The number of hydrogen-bond donors (Lipinski definition) is 0. The molecule has 0 saturated carbocycles. The molecule has 1 nitrogen and oxygen atoms in total. The van der Waals surface area contributed by atoms with Crippen molar-refractivity contribution < 1.29 is 4.79 Å². The van der Waals surface area contributed by atoms with Crippen LogP contribution in [0.3, 0.4) is 0 Å². The van der Waals surface area contributed by atoms with Crippen LogP contribution in [0.15, 0.2) is 16.6 Å². The van der Waals surface area contributed by atoms with E-state index in [0.717, 1.165) is 10.0 Å². The fourth-order valence-corrected chi connectivity index (χ4v) is 2.03. The second-order valence-electron chi connectivity index (χ2n) is 2.64. The van der Waals surface area contributed by atoms with Crippen LogP contribution in [-0.4, -0.2) is 11.1 Å². The maximum Gasteiger partial charge on any atom is 0.174 e. The standard InChI is InChI=1S/C9H7Br2ClO/c1-5-2-6(12)3-7(9(5)11)8(13)4-10/h2-3H,4H2,1H3. The number of aryl methyl sites for hydroxylation is 1. The number of carbonyl (C=O) groups is 1. The number of benzene rings is 1. The third-order valence-electron chi connectivity index (χ3n) is 1.64. The van der Waals surface area contributed by atoms with Gasteiger partial charge in [-0.1, -0.05) is 27.5 Å². The van der Waals surface area contributed by atoms with Gasteiger partial charge in [-0.05, 0) is 40.5 Å². The lowest BCUT2D eigenvalue weighted by Gasteiger charge is -2.05. The van der Waals surface area contributed by atoms with Crippen LogP contribution in [0.4, 0.5) is 0 Å². The average molecular weight is 326 g/mol. The molecule has 1 rings (SSSR count). The average Bonchev–Trinajstić information content (AvgIpc) is 2.10. The smallest absolute Gasteiger partial charge is 0.174 e. The topological polar surface area (TPSA) is 17.1 Å². The number of carbonyl (C=O) groups excluding carboxylic acids is 1. The van der Waals surface area contributed by atoms with E-state index in [1.165, 1.54) is 0 Å². The van der Waals surface area contributed by atoms with Gasteiger partial charge in [0.15, 0.2) is 5.78 Å². The lowest BCUT2D eigenvalue weighted by Crippen LogP contribution is -2.02. The fraction of sp³-hybridized carbons (Fsp3) is 0.222. The maximum absolute atomic E-state index is 11.4. The first-order valence-corrected chi connectivity index (χ1v) is 5.90. The van der Waals surface area contributed by atoms with Gasteiger partial charge in [0, 0.05) is 15.1 Å². The number of halogens is 3. The monoisotopic (exact) mass is 324 g/mol. The summed E-state index contributed by atoms with van der Waals surface area (Å²) in [4.78, 5) is 11.4. The highest BCUT2D eigenvalue weighted by Crippen LogP contribution is 2.26. The second kappa shape index (κ2) is 4.58. The number of hydrogen-bond acceptors (Lipinski definition) is 1. The molecule has 0 spiro atoms. The van der Waals surface area contributed by atoms with E-state index in [4.69, 9.17) is 11.6 Å². The van der Waals surface area contributed by atoms with Gasteiger partial charge in [-0.25, -0.2) is 0 Å². The first-order valence-electron chi connectivity index (χ1n) is 3.61. The highest BCUT2D eigenvalue weighted by Gasteiger charge is 2.11. The van der Waals surface area contributed by atoms with Gasteiger partial charge in [0.05, 0.1) is 5.33 Å². The maximum atomic E-state index is 11.4. The molecule has 0 amide bonds. The third kappa shape index (κ3) is 2.55. The zero-order valence-corrected chi connectivity index (χ0v) is 10.8. The molecule has 0 unspecified atom stereocenters. The Morgan fingerprint density at radius 3 is 2.69 bits per heavy atom. The molecule has 0 aliphatic carbocycles. The van der Waals surface area contributed by atoms with Gasteiger partial charge < -0.3 is 0 Å². The van der Waals surface area contributed by atoms with Gasteiger partial charge in [0.2, 0.25) is 0 Å². The Morgan fingerprint density at radius 2 is 2.15 bits per heavy atom. The molecule has 0 aromatic heterocycles. The SMILES string of the molecule is Cc1cc(Cl)cc(C(=O)CBr)c1Br. The van der Waals surface area contributed by atoms with E-state index in [0.29, 0.717) is 15.9 Å². The zero-order valence-electron chi connectivity index (χ0n) is 6.90. The zero-order chi connectivity index (χ0) is 10.0. The molecule has 0 radical (unpaired) electrons. The first-order chi connectivity index (χ1) is 6.06. The molecule has 1 aromatic carbocycles. The molecule has 0 aliphatic rings. The van der Waals surface area contributed by atoms with Gasteiger partial charge in [-0.3, -0.25) is 4.79 Å². The molecular weight excluding hydrogens is 319 g/mol. The molecule has 4 heteroatoms. The Kier molecular flexibility index (Phi) is 3.95. The van der Waals surface area contributed by atoms with Crippen LogP contribution in [0.2, 0.25) is 5.02 Å². The van der Waals surface area contributed by atoms with Crippen LogP contribution in [-0.2, 0) is 0 Å². The predicted molar refractivity (Wildman–Crippen MR) is 62.0 cm³/mol. The summed E-state index contributed by atoms with van der Waals surface area (Å²) in [5, 5.41) is 0.899. The van der Waals surface area contributed by atoms with E-state index in [-0.39, 0.29) is 5.78 Å². The summed E-state index contributed by atoms with van der Waals surface area (Å²) in [6, 6.07) is 3.49. The number of ketones is 1. The minimum atomic E-state index is 0.0254. The third-order valence-corrected chi connectivity index (χ3v) is 3.42. The van der Waals surface area contributed by atoms with Crippen molar-refractivity contribution in [2.24, 2.45) is 0 Å². The molecule has 0 atom stereocenters. The second-order valence-corrected chi connectivity index (χ2v) is 4.43.